The summed E-state index contributed by atoms with van der Waals surface area (Å²) >= 11 is 2.18. The molecule has 5 heteroatoms. The maximum absolute atomic E-state index is 5.57. The molecule has 1 rings (SSSR count). The Morgan fingerprint density at radius 3 is 2.50 bits per heavy atom. The maximum atomic E-state index is 5.57. The highest BCUT2D eigenvalue weighted by atomic mass is 127. The average molecular weight is 306 g/mol. The molecule has 0 spiro atoms. The summed E-state index contributed by atoms with van der Waals surface area (Å²) in [6, 6.07) is 0.292. The summed E-state index contributed by atoms with van der Waals surface area (Å²) < 4.78 is 1.03. The topological polar surface area (TPSA) is 63.8 Å². The van der Waals surface area contributed by atoms with E-state index in [2.05, 4.69) is 51.7 Å². The molecule has 14 heavy (non-hydrogen) atoms. The summed E-state index contributed by atoms with van der Waals surface area (Å²) in [5, 5.41) is 3.21. The van der Waals surface area contributed by atoms with Crippen LogP contribution in [0.5, 0.6) is 0 Å². The minimum Gasteiger partial charge on any atom is -0.351 e. The molecule has 2 unspecified atom stereocenters. The minimum atomic E-state index is 0.292. The molecule has 0 amide bonds. The van der Waals surface area contributed by atoms with Gasteiger partial charge in [0.2, 0.25) is 5.95 Å². The van der Waals surface area contributed by atoms with Crippen LogP contribution in [0.25, 0.3) is 0 Å². The molecular formula is C9H15IN4. The predicted octanol–water partition coefficient (Wildman–Crippen LogP) is 1.48. The van der Waals surface area contributed by atoms with Crippen molar-refractivity contribution in [2.45, 2.75) is 19.9 Å². The van der Waals surface area contributed by atoms with Gasteiger partial charge in [-0.1, -0.05) is 6.92 Å². The predicted molar refractivity (Wildman–Crippen MR) is 66.1 cm³/mol. The fraction of sp³-hybridized carbons (Fsp3) is 0.556. The largest absolute Gasteiger partial charge is 0.351 e. The van der Waals surface area contributed by atoms with Crippen molar-refractivity contribution in [3.8, 4) is 0 Å². The van der Waals surface area contributed by atoms with Crippen LogP contribution in [-0.2, 0) is 0 Å². The van der Waals surface area contributed by atoms with Crippen LogP contribution < -0.4 is 11.1 Å². The Hall–Kier alpha value is -0.430. The summed E-state index contributed by atoms with van der Waals surface area (Å²) in [6.07, 6.45) is 3.57. The van der Waals surface area contributed by atoms with E-state index in [0.29, 0.717) is 24.5 Å². The zero-order chi connectivity index (χ0) is 10.6. The molecule has 4 nitrogen and oxygen atoms in total. The first-order valence-electron chi connectivity index (χ1n) is 4.57. The highest BCUT2D eigenvalue weighted by Gasteiger charge is 2.10. The van der Waals surface area contributed by atoms with Crippen molar-refractivity contribution in [1.82, 2.24) is 9.97 Å². The second-order valence-electron chi connectivity index (χ2n) is 3.37. The lowest BCUT2D eigenvalue weighted by molar-refractivity contribution is 0.518. The second-order valence-corrected chi connectivity index (χ2v) is 4.62. The molecule has 0 saturated heterocycles. The molecule has 0 aliphatic rings. The summed E-state index contributed by atoms with van der Waals surface area (Å²) in [7, 11) is 0. The summed E-state index contributed by atoms with van der Waals surface area (Å²) in [6.45, 7) is 4.85. The van der Waals surface area contributed by atoms with Crippen LogP contribution in [0.4, 0.5) is 5.95 Å². The van der Waals surface area contributed by atoms with E-state index in [4.69, 9.17) is 5.73 Å². The number of anilines is 1. The quantitative estimate of drug-likeness (QED) is 0.827. The number of hydrogen-bond donors (Lipinski definition) is 2. The van der Waals surface area contributed by atoms with Crippen LogP contribution >= 0.6 is 22.6 Å². The summed E-state index contributed by atoms with van der Waals surface area (Å²) in [5.74, 6) is 1.08. The van der Waals surface area contributed by atoms with Gasteiger partial charge < -0.3 is 11.1 Å². The van der Waals surface area contributed by atoms with Crippen molar-refractivity contribution in [1.29, 1.82) is 0 Å². The van der Waals surface area contributed by atoms with Crippen LogP contribution in [-0.4, -0.2) is 22.6 Å². The van der Waals surface area contributed by atoms with Crippen LogP contribution in [0.3, 0.4) is 0 Å². The molecule has 78 valence electrons. The summed E-state index contributed by atoms with van der Waals surface area (Å²) in [5.41, 5.74) is 5.57. The van der Waals surface area contributed by atoms with Gasteiger partial charge in [-0.15, -0.1) is 0 Å². The van der Waals surface area contributed by atoms with Gasteiger partial charge in [0.15, 0.2) is 0 Å². The van der Waals surface area contributed by atoms with Crippen LogP contribution in [0.15, 0.2) is 12.4 Å². The summed E-state index contributed by atoms with van der Waals surface area (Å²) in [4.78, 5) is 8.33. The van der Waals surface area contributed by atoms with Crippen molar-refractivity contribution < 1.29 is 0 Å². The lowest BCUT2D eigenvalue weighted by atomic mass is 10.0. The van der Waals surface area contributed by atoms with Gasteiger partial charge in [-0.05, 0) is 42.0 Å². The molecular weight excluding hydrogens is 291 g/mol. The van der Waals surface area contributed by atoms with E-state index in [0.717, 1.165) is 3.57 Å². The van der Waals surface area contributed by atoms with Gasteiger partial charge in [0.05, 0.1) is 0 Å². The van der Waals surface area contributed by atoms with Crippen LogP contribution in [0.2, 0.25) is 0 Å². The molecule has 2 atom stereocenters. The van der Waals surface area contributed by atoms with E-state index in [1.165, 1.54) is 0 Å². The van der Waals surface area contributed by atoms with E-state index in [1.807, 2.05) is 0 Å². The number of halogens is 1. The number of hydrogen-bond acceptors (Lipinski definition) is 4. The van der Waals surface area contributed by atoms with Crippen molar-refractivity contribution in [3.63, 3.8) is 0 Å². The highest BCUT2D eigenvalue weighted by molar-refractivity contribution is 14.1. The fourth-order valence-electron chi connectivity index (χ4n) is 0.937. The fourth-order valence-corrected chi connectivity index (χ4v) is 1.22. The number of rotatable bonds is 4. The molecule has 1 aromatic heterocycles. The molecule has 0 fully saturated rings. The van der Waals surface area contributed by atoms with E-state index < -0.39 is 0 Å². The van der Waals surface area contributed by atoms with E-state index in [1.54, 1.807) is 12.4 Å². The Morgan fingerprint density at radius 2 is 2.00 bits per heavy atom. The third-order valence-electron chi connectivity index (χ3n) is 2.20. The van der Waals surface area contributed by atoms with Crippen molar-refractivity contribution >= 4 is 28.5 Å². The zero-order valence-electron chi connectivity index (χ0n) is 8.37. The smallest absolute Gasteiger partial charge is 0.222 e. The Bertz CT molecular complexity index is 275. The van der Waals surface area contributed by atoms with E-state index in [-0.39, 0.29) is 0 Å². The third-order valence-corrected chi connectivity index (χ3v) is 2.76. The molecule has 0 radical (unpaired) electrons. The van der Waals surface area contributed by atoms with Crippen molar-refractivity contribution in [3.05, 3.63) is 16.0 Å². The number of nitrogens with one attached hydrogen (secondary N) is 1. The Balaban J connectivity index is 2.56. The van der Waals surface area contributed by atoms with E-state index >= 15 is 0 Å². The van der Waals surface area contributed by atoms with Gasteiger partial charge in [0.25, 0.3) is 0 Å². The van der Waals surface area contributed by atoms with Crippen molar-refractivity contribution in [2.75, 3.05) is 11.9 Å². The van der Waals surface area contributed by atoms with Gasteiger partial charge >= 0.3 is 0 Å². The first-order chi connectivity index (χ1) is 6.63. The van der Waals surface area contributed by atoms with Crippen molar-refractivity contribution in [2.24, 2.45) is 11.7 Å². The Morgan fingerprint density at radius 1 is 1.43 bits per heavy atom. The number of nitrogens with two attached hydrogens (primary N) is 1. The molecule has 0 bridgehead atoms. The lowest BCUT2D eigenvalue weighted by Gasteiger charge is -2.19. The van der Waals surface area contributed by atoms with Gasteiger partial charge in [-0.2, -0.15) is 0 Å². The molecule has 1 heterocycles. The molecule has 0 aliphatic heterocycles. The minimum absolute atomic E-state index is 0.292. The highest BCUT2D eigenvalue weighted by Crippen LogP contribution is 2.08. The van der Waals surface area contributed by atoms with Gasteiger partial charge in [-0.3, -0.25) is 0 Å². The maximum Gasteiger partial charge on any atom is 0.222 e. The molecule has 1 aromatic rings. The Labute approximate surface area is 97.8 Å². The van der Waals surface area contributed by atoms with E-state index in [9.17, 15) is 0 Å². The van der Waals surface area contributed by atoms with Crippen LogP contribution in [0.1, 0.15) is 13.8 Å². The molecule has 0 saturated carbocycles. The number of nitrogens with zero attached hydrogens (tertiary/aromatic N) is 2. The first kappa shape index (κ1) is 11.6. The van der Waals surface area contributed by atoms with Crippen LogP contribution in [0, 0.1) is 9.49 Å². The Kier molecular flexibility index (Phi) is 4.53. The molecule has 3 N–H and O–H groups in total. The second kappa shape index (κ2) is 5.45. The monoisotopic (exact) mass is 306 g/mol. The zero-order valence-corrected chi connectivity index (χ0v) is 10.5. The number of aromatic nitrogens is 2. The first-order valence-corrected chi connectivity index (χ1v) is 5.65. The molecule has 0 aliphatic carbocycles. The SMILES string of the molecule is CC(CN)C(C)Nc1ncc(I)cn1. The van der Waals surface area contributed by atoms with Gasteiger partial charge in [0, 0.05) is 22.0 Å². The van der Waals surface area contributed by atoms with Gasteiger partial charge in [0.1, 0.15) is 0 Å². The van der Waals surface area contributed by atoms with Gasteiger partial charge in [-0.25, -0.2) is 9.97 Å². The standard InChI is InChI=1S/C9H15IN4/c1-6(3-11)7(2)14-9-12-4-8(10)5-13-9/h4-7H,3,11H2,1-2H3,(H,12,13,14). The lowest BCUT2D eigenvalue weighted by Crippen LogP contribution is -2.30. The molecule has 0 aromatic carbocycles. The third kappa shape index (κ3) is 3.38. The normalized spacial score (nSPS) is 14.9. The average Bonchev–Trinajstić information content (AvgIpc) is 2.20.